The van der Waals surface area contributed by atoms with Crippen molar-refractivity contribution in [3.05, 3.63) is 0 Å². The molecule has 90 valence electrons. The van der Waals surface area contributed by atoms with Gasteiger partial charge in [0.05, 0.1) is 0 Å². The number of hydrogen-bond donors (Lipinski definition) is 1. The Morgan fingerprint density at radius 3 is 2.27 bits per heavy atom. The van der Waals surface area contributed by atoms with Crippen molar-refractivity contribution in [3.63, 3.8) is 0 Å². The highest BCUT2D eigenvalue weighted by atomic mass is 16.1. The second-order valence-corrected chi connectivity index (χ2v) is 4.65. The van der Waals surface area contributed by atoms with Crippen LogP contribution in [0, 0.1) is 5.92 Å². The highest BCUT2D eigenvalue weighted by molar-refractivity contribution is 5.75. The van der Waals surface area contributed by atoms with Crippen molar-refractivity contribution in [2.75, 3.05) is 6.54 Å². The van der Waals surface area contributed by atoms with Gasteiger partial charge in [0.25, 0.3) is 0 Å². The summed E-state index contributed by atoms with van der Waals surface area (Å²) in [4.78, 5) is 10.9. The number of unbranched alkanes of at least 4 members (excludes halogenated alkanes) is 4. The number of nitrogens with one attached hydrogen (secondary N) is 1. The van der Waals surface area contributed by atoms with Crippen molar-refractivity contribution < 1.29 is 4.79 Å². The second kappa shape index (κ2) is 10.0. The molecular formula is C13H27NO. The van der Waals surface area contributed by atoms with E-state index < -0.39 is 0 Å². The first-order chi connectivity index (χ1) is 7.16. The van der Waals surface area contributed by atoms with Crippen molar-refractivity contribution >= 4 is 5.91 Å². The molecule has 0 heterocycles. The number of carbonyl (C=O) groups excluding carboxylic acids is 1. The van der Waals surface area contributed by atoms with Gasteiger partial charge in [-0.3, -0.25) is 4.79 Å². The van der Waals surface area contributed by atoms with Crippen molar-refractivity contribution in [2.24, 2.45) is 5.92 Å². The number of carbonyl (C=O) groups is 1. The molecule has 2 heteroatoms. The number of amides is 1. The maximum Gasteiger partial charge on any atom is 0.219 e. The van der Waals surface area contributed by atoms with Crippen LogP contribution in [0.15, 0.2) is 0 Å². The molecular weight excluding hydrogens is 186 g/mol. The summed E-state index contributed by atoms with van der Waals surface area (Å²) in [7, 11) is 0. The van der Waals surface area contributed by atoms with Crippen molar-refractivity contribution in [1.29, 1.82) is 0 Å². The van der Waals surface area contributed by atoms with Crippen molar-refractivity contribution in [1.82, 2.24) is 5.32 Å². The fourth-order valence-electron chi connectivity index (χ4n) is 1.56. The van der Waals surface area contributed by atoms with Crippen LogP contribution >= 0.6 is 0 Å². The summed E-state index contributed by atoms with van der Waals surface area (Å²) in [6.07, 6.45) is 8.37. The predicted molar refractivity (Wildman–Crippen MR) is 65.8 cm³/mol. The smallest absolute Gasteiger partial charge is 0.219 e. The van der Waals surface area contributed by atoms with Gasteiger partial charge in [0, 0.05) is 13.0 Å². The molecule has 0 spiro atoms. The second-order valence-electron chi connectivity index (χ2n) is 4.65. The molecule has 1 amide bonds. The molecule has 0 aromatic rings. The zero-order valence-corrected chi connectivity index (χ0v) is 10.6. The summed E-state index contributed by atoms with van der Waals surface area (Å²) in [5.41, 5.74) is 0. The Labute approximate surface area is 94.8 Å². The van der Waals surface area contributed by atoms with Gasteiger partial charge in [-0.15, -0.1) is 0 Å². The fraction of sp³-hybridized carbons (Fsp3) is 0.923. The van der Waals surface area contributed by atoms with Crippen molar-refractivity contribution in [2.45, 2.75) is 65.7 Å². The maximum absolute atomic E-state index is 10.9. The van der Waals surface area contributed by atoms with Crippen LogP contribution in [0.3, 0.4) is 0 Å². The van der Waals surface area contributed by atoms with Gasteiger partial charge in [0.15, 0.2) is 0 Å². The highest BCUT2D eigenvalue weighted by Gasteiger charge is 1.96. The van der Waals surface area contributed by atoms with Gasteiger partial charge in [-0.25, -0.2) is 0 Å². The molecule has 0 bridgehead atoms. The van der Waals surface area contributed by atoms with Crippen LogP contribution in [-0.4, -0.2) is 12.5 Å². The lowest BCUT2D eigenvalue weighted by Gasteiger charge is -2.05. The summed E-state index contributed by atoms with van der Waals surface area (Å²) in [5, 5.41) is 2.90. The average Bonchev–Trinajstić information content (AvgIpc) is 2.21. The van der Waals surface area contributed by atoms with Crippen LogP contribution in [-0.2, 0) is 4.79 Å². The largest absolute Gasteiger partial charge is 0.356 e. The average molecular weight is 213 g/mol. The van der Waals surface area contributed by atoms with E-state index in [0.29, 0.717) is 6.42 Å². The fourth-order valence-corrected chi connectivity index (χ4v) is 1.56. The quantitative estimate of drug-likeness (QED) is 0.583. The van der Waals surface area contributed by atoms with Crippen LogP contribution in [0.1, 0.15) is 65.7 Å². The molecule has 0 aliphatic heterocycles. The maximum atomic E-state index is 10.9. The molecule has 0 aromatic carbocycles. The third-order valence-electron chi connectivity index (χ3n) is 2.60. The van der Waals surface area contributed by atoms with Gasteiger partial charge in [0.1, 0.15) is 0 Å². The van der Waals surface area contributed by atoms with E-state index in [9.17, 15) is 4.79 Å². The number of hydrogen-bond acceptors (Lipinski definition) is 1. The number of rotatable bonds is 9. The van der Waals surface area contributed by atoms with Gasteiger partial charge in [-0.1, -0.05) is 52.9 Å². The van der Waals surface area contributed by atoms with E-state index in [2.05, 4.69) is 19.2 Å². The zero-order valence-electron chi connectivity index (χ0n) is 10.6. The molecule has 0 unspecified atom stereocenters. The zero-order chi connectivity index (χ0) is 11.5. The summed E-state index contributed by atoms with van der Waals surface area (Å²) < 4.78 is 0. The van der Waals surface area contributed by atoms with Crippen molar-refractivity contribution in [3.8, 4) is 0 Å². The van der Waals surface area contributed by atoms with E-state index in [1.54, 1.807) is 0 Å². The summed E-state index contributed by atoms with van der Waals surface area (Å²) in [6.45, 7) is 7.30. The minimum absolute atomic E-state index is 0.176. The van der Waals surface area contributed by atoms with Crippen LogP contribution in [0.5, 0.6) is 0 Å². The standard InChI is InChI=1S/C13H27NO/c1-4-13(15)14-11-9-7-5-6-8-10-12(2)3/h12H,4-11H2,1-3H3,(H,14,15). The molecule has 2 nitrogen and oxygen atoms in total. The highest BCUT2D eigenvalue weighted by Crippen LogP contribution is 2.10. The van der Waals surface area contributed by atoms with E-state index in [1.165, 1.54) is 32.1 Å². The van der Waals surface area contributed by atoms with Gasteiger partial charge in [-0.05, 0) is 12.3 Å². The Hall–Kier alpha value is -0.530. The van der Waals surface area contributed by atoms with E-state index in [4.69, 9.17) is 0 Å². The first kappa shape index (κ1) is 14.5. The van der Waals surface area contributed by atoms with Gasteiger partial charge >= 0.3 is 0 Å². The molecule has 0 rings (SSSR count). The van der Waals surface area contributed by atoms with E-state index in [-0.39, 0.29) is 5.91 Å². The third kappa shape index (κ3) is 11.4. The lowest BCUT2D eigenvalue weighted by molar-refractivity contribution is -0.120. The molecule has 0 saturated carbocycles. The first-order valence-corrected chi connectivity index (χ1v) is 6.43. The minimum atomic E-state index is 0.176. The van der Waals surface area contributed by atoms with Crippen LogP contribution in [0.2, 0.25) is 0 Å². The summed E-state index contributed by atoms with van der Waals surface area (Å²) >= 11 is 0. The summed E-state index contributed by atoms with van der Waals surface area (Å²) in [6, 6.07) is 0. The topological polar surface area (TPSA) is 29.1 Å². The lowest BCUT2D eigenvalue weighted by atomic mass is 10.0. The Morgan fingerprint density at radius 2 is 1.67 bits per heavy atom. The van der Waals surface area contributed by atoms with E-state index in [0.717, 1.165) is 18.9 Å². The molecule has 0 aromatic heterocycles. The Bertz CT molecular complexity index is 155. The van der Waals surface area contributed by atoms with Crippen LogP contribution < -0.4 is 5.32 Å². The summed E-state index contributed by atoms with van der Waals surface area (Å²) in [5.74, 6) is 1.02. The van der Waals surface area contributed by atoms with Crippen LogP contribution in [0.25, 0.3) is 0 Å². The minimum Gasteiger partial charge on any atom is -0.356 e. The first-order valence-electron chi connectivity index (χ1n) is 6.43. The van der Waals surface area contributed by atoms with E-state index >= 15 is 0 Å². The molecule has 0 radical (unpaired) electrons. The molecule has 1 N–H and O–H groups in total. The molecule has 0 fully saturated rings. The van der Waals surface area contributed by atoms with Gasteiger partial charge in [0.2, 0.25) is 5.91 Å². The predicted octanol–water partition coefficient (Wildman–Crippen LogP) is 3.51. The molecule has 15 heavy (non-hydrogen) atoms. The normalized spacial score (nSPS) is 10.7. The molecule has 0 atom stereocenters. The monoisotopic (exact) mass is 213 g/mol. The molecule has 0 aliphatic rings. The van der Waals surface area contributed by atoms with Gasteiger partial charge in [-0.2, -0.15) is 0 Å². The van der Waals surface area contributed by atoms with E-state index in [1.807, 2.05) is 6.92 Å². The third-order valence-corrected chi connectivity index (χ3v) is 2.60. The Balaban J connectivity index is 3.02. The molecule has 0 aliphatic carbocycles. The molecule has 0 saturated heterocycles. The lowest BCUT2D eigenvalue weighted by Crippen LogP contribution is -2.23. The SMILES string of the molecule is CCC(=O)NCCCCCCCC(C)C. The Kier molecular flexibility index (Phi) is 9.65. The van der Waals surface area contributed by atoms with Gasteiger partial charge < -0.3 is 5.32 Å². The van der Waals surface area contributed by atoms with Crippen LogP contribution in [0.4, 0.5) is 0 Å². The Morgan fingerprint density at radius 1 is 1.07 bits per heavy atom.